The van der Waals surface area contributed by atoms with Crippen molar-refractivity contribution >= 4 is 24.2 Å². The van der Waals surface area contributed by atoms with Crippen LogP contribution in [-0.2, 0) is 9.84 Å². The monoisotopic (exact) mass is 384 g/mol. The summed E-state index contributed by atoms with van der Waals surface area (Å²) >= 11 is 3.53. The summed E-state index contributed by atoms with van der Waals surface area (Å²) in [5.41, 5.74) is 1.71. The van der Waals surface area contributed by atoms with Crippen LogP contribution in [-0.4, -0.2) is 14.9 Å². The van der Waals surface area contributed by atoms with Crippen LogP contribution in [0.1, 0.15) is 62.7 Å². The molecule has 1 aromatic carbocycles. The lowest BCUT2D eigenvalue weighted by Crippen LogP contribution is -2.49. The summed E-state index contributed by atoms with van der Waals surface area (Å²) in [5.74, 6) is 0. The second-order valence-corrected chi connectivity index (χ2v) is 13.9. The Hall–Kier alpha value is -0.123. The molecule has 1 aliphatic carbocycles. The van der Waals surface area contributed by atoms with Crippen molar-refractivity contribution in [3.63, 3.8) is 0 Å². The van der Waals surface area contributed by atoms with Gasteiger partial charge in [0.25, 0.3) is 0 Å². The van der Waals surface area contributed by atoms with Gasteiger partial charge < -0.3 is 4.43 Å². The fourth-order valence-electron chi connectivity index (χ4n) is 3.90. The molecular formula is C19H31BrOSi. The molecule has 0 aromatic heterocycles. The Morgan fingerprint density at radius 2 is 1.68 bits per heavy atom. The first kappa shape index (κ1) is 15.4. The van der Waals surface area contributed by atoms with Crippen LogP contribution in [0, 0.1) is 0 Å². The summed E-state index contributed by atoms with van der Waals surface area (Å²) in [5, 5.41) is 0. The molecule has 2 rings (SSSR count). The topological polar surface area (TPSA) is 9.23 Å². The van der Waals surface area contributed by atoms with E-state index >= 15 is 0 Å². The molecule has 3 heteroatoms. The quantitative estimate of drug-likeness (QED) is 0.476. The van der Waals surface area contributed by atoms with Crippen molar-refractivity contribution in [3.05, 3.63) is 34.3 Å². The minimum Gasteiger partial charge on any atom is -0.415 e. The van der Waals surface area contributed by atoms with E-state index in [1.807, 2.05) is 18.2 Å². The highest BCUT2D eigenvalue weighted by molar-refractivity contribution is 9.10. The van der Waals surface area contributed by atoms with Gasteiger partial charge in [0, 0.05) is 16.4 Å². The minimum atomic E-state index is -2.27. The molecule has 0 saturated heterocycles. The molecule has 1 aliphatic rings. The minimum absolute atomic E-state index is 0.380. The van der Waals surface area contributed by atoms with E-state index in [9.17, 15) is 0 Å². The Bertz CT molecular complexity index is 561. The zero-order chi connectivity index (χ0) is 18.3. The summed E-state index contributed by atoms with van der Waals surface area (Å²) < 4.78 is 25.4. The number of hydrogen-bond donors (Lipinski definition) is 0. The summed E-state index contributed by atoms with van der Waals surface area (Å²) in [4.78, 5) is 0. The van der Waals surface area contributed by atoms with Crippen molar-refractivity contribution in [2.24, 2.45) is 0 Å². The van der Waals surface area contributed by atoms with Gasteiger partial charge in [0.1, 0.15) is 0 Å². The van der Waals surface area contributed by atoms with Crippen molar-refractivity contribution in [1.82, 2.24) is 0 Å². The molecule has 0 unspecified atom stereocenters. The molecule has 0 spiro atoms. The molecular weight excluding hydrogens is 352 g/mol. The summed E-state index contributed by atoms with van der Waals surface area (Å²) in [6.45, 7) is 11.6. The normalized spacial score (nSPS) is 19.5. The van der Waals surface area contributed by atoms with Crippen molar-refractivity contribution in [2.75, 3.05) is 6.56 Å². The molecule has 1 fully saturated rings. The molecule has 0 radical (unpaired) electrons. The van der Waals surface area contributed by atoms with Crippen molar-refractivity contribution in [3.8, 4) is 0 Å². The van der Waals surface area contributed by atoms with E-state index in [0.717, 1.165) is 22.9 Å². The first-order valence-corrected chi connectivity index (χ1v) is 11.4. The van der Waals surface area contributed by atoms with Gasteiger partial charge in [-0.3, -0.25) is 0 Å². The fraction of sp³-hybridized carbons (Fsp3) is 0.684. The van der Waals surface area contributed by atoms with Gasteiger partial charge in [-0.2, -0.15) is 0 Å². The van der Waals surface area contributed by atoms with Gasteiger partial charge in [-0.05, 0) is 47.2 Å². The van der Waals surface area contributed by atoms with Gasteiger partial charge in [0.05, 0.1) is 2.74 Å². The average Bonchev–Trinajstić information content (AvgIpc) is 3.25. The third kappa shape index (κ3) is 3.37. The summed E-state index contributed by atoms with van der Waals surface area (Å²) in [6, 6.07) is 8.08. The van der Waals surface area contributed by atoms with Crippen molar-refractivity contribution in [1.29, 1.82) is 0 Å². The zero-order valence-corrected chi connectivity index (χ0v) is 17.3. The third-order valence-electron chi connectivity index (χ3n) is 5.26. The lowest BCUT2D eigenvalue weighted by Gasteiger charge is -2.43. The first-order chi connectivity index (χ1) is 11.0. The Morgan fingerprint density at radius 1 is 1.14 bits per heavy atom. The van der Waals surface area contributed by atoms with E-state index in [-0.39, 0.29) is 0 Å². The van der Waals surface area contributed by atoms with Gasteiger partial charge in [-0.15, -0.1) is 0 Å². The second-order valence-electron chi connectivity index (χ2n) is 7.61. The molecule has 124 valence electrons. The van der Waals surface area contributed by atoms with E-state index in [1.54, 1.807) is 0 Å². The number of hydrogen-bond acceptors (Lipinski definition) is 1. The highest BCUT2D eigenvalue weighted by Gasteiger charge is 2.50. The Kier molecular flexibility index (Phi) is 4.75. The molecule has 1 aromatic rings. The smallest absolute Gasteiger partial charge is 0.200 e. The molecule has 0 bridgehead atoms. The van der Waals surface area contributed by atoms with Gasteiger partial charge in [-0.25, -0.2) is 0 Å². The largest absolute Gasteiger partial charge is 0.415 e. The van der Waals surface area contributed by atoms with Gasteiger partial charge in [0.2, 0.25) is 0 Å². The molecule has 0 atom stereocenters. The predicted octanol–water partition coefficient (Wildman–Crippen LogP) is 6.67. The van der Waals surface area contributed by atoms with E-state index in [0.29, 0.717) is 16.6 Å². The number of halogens is 1. The van der Waals surface area contributed by atoms with E-state index in [1.165, 1.54) is 0 Å². The predicted molar refractivity (Wildman–Crippen MR) is 102 cm³/mol. The van der Waals surface area contributed by atoms with Crippen molar-refractivity contribution in [2.45, 2.75) is 76.4 Å². The second kappa shape index (κ2) is 6.78. The molecule has 1 nitrogen and oxygen atoms in total. The van der Waals surface area contributed by atoms with E-state index < -0.39 is 20.3 Å². The van der Waals surface area contributed by atoms with Crippen molar-refractivity contribution < 1.29 is 7.17 Å². The maximum atomic E-state index is 8.90. The molecule has 0 heterocycles. The maximum absolute atomic E-state index is 8.90. The Labute approximate surface area is 148 Å². The first-order valence-electron chi connectivity index (χ1n) is 9.46. The van der Waals surface area contributed by atoms with Crippen LogP contribution in [0.5, 0.6) is 0 Å². The van der Waals surface area contributed by atoms with Gasteiger partial charge in [0.15, 0.2) is 8.32 Å². The third-order valence-corrected chi connectivity index (χ3v) is 11.6. The van der Waals surface area contributed by atoms with Crippen LogP contribution < -0.4 is 0 Å². The summed E-state index contributed by atoms with van der Waals surface area (Å²) in [6.07, 6.45) is 1.71. The zero-order valence-electron chi connectivity index (χ0n) is 16.7. The van der Waals surface area contributed by atoms with Gasteiger partial charge >= 0.3 is 0 Å². The standard InChI is InChI=1S/C19H31BrOSi/c1-14(2)22(15(3)4,16(5)6)21-13-19(10-11-19)17-8-7-9-18(20)12-17/h7-9,12,14-16H,10-11,13H2,1-6H3/i13D2. The maximum Gasteiger partial charge on any atom is 0.200 e. The molecule has 1 saturated carbocycles. The summed E-state index contributed by atoms with van der Waals surface area (Å²) in [7, 11) is -2.27. The highest BCUT2D eigenvalue weighted by atomic mass is 79.9. The number of benzene rings is 1. The van der Waals surface area contributed by atoms with E-state index in [2.05, 4.69) is 63.5 Å². The van der Waals surface area contributed by atoms with Crippen LogP contribution in [0.15, 0.2) is 28.7 Å². The molecule has 0 N–H and O–H groups in total. The molecule has 22 heavy (non-hydrogen) atoms. The van der Waals surface area contributed by atoms with Crippen LogP contribution >= 0.6 is 15.9 Å². The fourth-order valence-corrected chi connectivity index (χ4v) is 9.38. The van der Waals surface area contributed by atoms with Crippen LogP contribution in [0.3, 0.4) is 0 Å². The van der Waals surface area contributed by atoms with Crippen LogP contribution in [0.4, 0.5) is 0 Å². The highest BCUT2D eigenvalue weighted by Crippen LogP contribution is 2.51. The lowest BCUT2D eigenvalue weighted by molar-refractivity contribution is 0.244. The molecule has 0 aliphatic heterocycles. The van der Waals surface area contributed by atoms with E-state index in [4.69, 9.17) is 7.17 Å². The Balaban J connectivity index is 2.42. The van der Waals surface area contributed by atoms with Crippen LogP contribution in [0.25, 0.3) is 0 Å². The molecule has 0 amide bonds. The average molecular weight is 385 g/mol. The SMILES string of the molecule is [2H]C([2H])(O[Si](C(C)C)(C(C)C)C(C)C)C1(c2cccc(Br)c2)CC1. The lowest BCUT2D eigenvalue weighted by atomic mass is 9.97. The Morgan fingerprint density at radius 3 is 2.09 bits per heavy atom. The van der Waals surface area contributed by atoms with Gasteiger partial charge in [-0.1, -0.05) is 69.6 Å². The van der Waals surface area contributed by atoms with Crippen LogP contribution in [0.2, 0.25) is 16.6 Å². The number of rotatable bonds is 7.